The summed E-state index contributed by atoms with van der Waals surface area (Å²) in [6.45, 7) is 0.644. The molecule has 1 amide bonds. The van der Waals surface area contributed by atoms with E-state index in [2.05, 4.69) is 11.2 Å². The molecule has 1 aliphatic heterocycles. The molecular formula is C6H11NO2S. The fourth-order valence-electron chi connectivity index (χ4n) is 0.925. The fraction of sp³-hybridized carbons (Fsp3) is 0.667. The number of nitrogens with one attached hydrogen (secondary N) is 1. The van der Waals surface area contributed by atoms with Gasteiger partial charge in [0.15, 0.2) is 0 Å². The predicted molar refractivity (Wildman–Crippen MR) is 42.6 cm³/mol. The molecule has 1 saturated heterocycles. The molecule has 0 radical (unpaired) electrons. The van der Waals surface area contributed by atoms with Crippen molar-refractivity contribution < 1.29 is 9.00 Å². The minimum atomic E-state index is -2.08. The molecule has 1 aliphatic rings. The summed E-state index contributed by atoms with van der Waals surface area (Å²) in [6.07, 6.45) is 0.786. The Morgan fingerprint density at radius 3 is 3.00 bits per heavy atom. The van der Waals surface area contributed by atoms with Gasteiger partial charge in [0.25, 0.3) is 0 Å². The summed E-state index contributed by atoms with van der Waals surface area (Å²) < 4.78 is 11.3. The molecule has 1 rings (SSSR count). The van der Waals surface area contributed by atoms with Crippen molar-refractivity contribution in [2.24, 2.45) is 0 Å². The molecule has 1 unspecified atom stereocenters. The van der Waals surface area contributed by atoms with Gasteiger partial charge >= 0.3 is 0 Å². The smallest absolute Gasteiger partial charge is 0.232 e. The second-order valence-corrected chi connectivity index (χ2v) is 5.15. The van der Waals surface area contributed by atoms with Gasteiger partial charge in [-0.15, -0.1) is 0 Å². The van der Waals surface area contributed by atoms with E-state index in [4.69, 9.17) is 0 Å². The maximum absolute atomic E-state index is 11.3. The van der Waals surface area contributed by atoms with E-state index in [0.717, 1.165) is 6.42 Å². The molecule has 1 atom stereocenters. The van der Waals surface area contributed by atoms with E-state index < -0.39 is 9.52 Å². The quantitative estimate of drug-likeness (QED) is 0.474. The van der Waals surface area contributed by atoms with E-state index in [9.17, 15) is 9.00 Å². The summed E-state index contributed by atoms with van der Waals surface area (Å²) in [5.74, 6) is 4.06. The van der Waals surface area contributed by atoms with Crippen molar-refractivity contribution in [3.05, 3.63) is 0 Å². The SMILES string of the molecule is C=S1(=O)CCCNC(=O)C1. The highest BCUT2D eigenvalue weighted by molar-refractivity contribution is 8.00. The van der Waals surface area contributed by atoms with E-state index in [1.807, 2.05) is 0 Å². The number of amides is 1. The van der Waals surface area contributed by atoms with Gasteiger partial charge in [-0.3, -0.25) is 9.00 Å². The van der Waals surface area contributed by atoms with Crippen molar-refractivity contribution in [3.8, 4) is 0 Å². The lowest BCUT2D eigenvalue weighted by atomic mass is 10.5. The molecule has 0 saturated carbocycles. The van der Waals surface area contributed by atoms with Crippen LogP contribution in [0.1, 0.15) is 6.42 Å². The van der Waals surface area contributed by atoms with E-state index >= 15 is 0 Å². The van der Waals surface area contributed by atoms with Gasteiger partial charge in [-0.1, -0.05) is 0 Å². The topological polar surface area (TPSA) is 46.2 Å². The highest BCUT2D eigenvalue weighted by atomic mass is 32.2. The van der Waals surface area contributed by atoms with Crippen molar-refractivity contribution >= 4 is 21.3 Å². The van der Waals surface area contributed by atoms with Gasteiger partial charge in [0, 0.05) is 12.3 Å². The molecule has 10 heavy (non-hydrogen) atoms. The minimum absolute atomic E-state index is 0.104. The molecule has 58 valence electrons. The Balaban J connectivity index is 2.73. The van der Waals surface area contributed by atoms with E-state index in [1.165, 1.54) is 0 Å². The van der Waals surface area contributed by atoms with E-state index in [-0.39, 0.29) is 11.7 Å². The number of hydrogen-bond acceptors (Lipinski definition) is 2. The number of hydrogen-bond donors (Lipinski definition) is 1. The first kappa shape index (κ1) is 7.60. The number of rotatable bonds is 0. The average molecular weight is 161 g/mol. The second kappa shape index (κ2) is 2.62. The van der Waals surface area contributed by atoms with Crippen LogP contribution in [0, 0.1) is 0 Å². The van der Waals surface area contributed by atoms with Crippen LogP contribution in [0.2, 0.25) is 0 Å². The van der Waals surface area contributed by atoms with Gasteiger partial charge in [0.1, 0.15) is 0 Å². The largest absolute Gasteiger partial charge is 0.355 e. The van der Waals surface area contributed by atoms with Crippen LogP contribution in [-0.4, -0.2) is 34.0 Å². The third kappa shape index (κ3) is 2.02. The first-order valence-electron chi connectivity index (χ1n) is 3.19. The highest BCUT2D eigenvalue weighted by Crippen LogP contribution is 1.97. The van der Waals surface area contributed by atoms with Gasteiger partial charge in [0.2, 0.25) is 5.91 Å². The lowest BCUT2D eigenvalue weighted by Crippen LogP contribution is -2.26. The Labute approximate surface area is 60.8 Å². The highest BCUT2D eigenvalue weighted by Gasteiger charge is 2.13. The predicted octanol–water partition coefficient (Wildman–Crippen LogP) is -0.777. The maximum Gasteiger partial charge on any atom is 0.232 e. The monoisotopic (exact) mass is 161 g/mol. The first-order chi connectivity index (χ1) is 4.60. The normalized spacial score (nSPS) is 34.6. The molecule has 0 spiro atoms. The van der Waals surface area contributed by atoms with Crippen LogP contribution < -0.4 is 5.32 Å². The molecule has 1 heterocycles. The van der Waals surface area contributed by atoms with Crippen molar-refractivity contribution in [2.45, 2.75) is 6.42 Å². The second-order valence-electron chi connectivity index (χ2n) is 2.52. The molecule has 3 nitrogen and oxygen atoms in total. The standard InChI is InChI=1S/C6H11NO2S/c1-10(9)4-2-3-7-6(8)5-10/h1-5H2,(H,7,8). The van der Waals surface area contributed by atoms with Crippen LogP contribution in [0.25, 0.3) is 0 Å². The zero-order chi connectivity index (χ0) is 7.61. The van der Waals surface area contributed by atoms with Crippen LogP contribution in [0.3, 0.4) is 0 Å². The lowest BCUT2D eigenvalue weighted by molar-refractivity contribution is -0.118. The number of carbonyl (C=O) groups excluding carboxylic acids is 1. The van der Waals surface area contributed by atoms with Crippen molar-refractivity contribution in [1.29, 1.82) is 0 Å². The molecule has 0 aliphatic carbocycles. The summed E-state index contributed by atoms with van der Waals surface area (Å²) in [7, 11) is -2.08. The fourth-order valence-corrected chi connectivity index (χ4v) is 2.32. The van der Waals surface area contributed by atoms with Crippen molar-refractivity contribution in [2.75, 3.05) is 18.1 Å². The minimum Gasteiger partial charge on any atom is -0.355 e. The number of carbonyl (C=O) groups is 1. The molecule has 0 aromatic rings. The third-order valence-electron chi connectivity index (χ3n) is 1.41. The molecular weight excluding hydrogens is 150 g/mol. The Hall–Kier alpha value is -0.510. The summed E-state index contributed by atoms with van der Waals surface area (Å²) in [6, 6.07) is 0. The van der Waals surface area contributed by atoms with E-state index in [0.29, 0.717) is 12.3 Å². The zero-order valence-corrected chi connectivity index (χ0v) is 6.58. The summed E-state index contributed by atoms with van der Waals surface area (Å²) in [4.78, 5) is 10.8. The first-order valence-corrected chi connectivity index (χ1v) is 5.26. The average Bonchev–Trinajstić information content (AvgIpc) is 1.90. The Bertz CT molecular complexity index is 230. The Morgan fingerprint density at radius 1 is 1.60 bits per heavy atom. The summed E-state index contributed by atoms with van der Waals surface area (Å²) >= 11 is 0. The van der Waals surface area contributed by atoms with Crippen LogP contribution in [0.4, 0.5) is 0 Å². The van der Waals surface area contributed by atoms with Crippen LogP contribution in [0.15, 0.2) is 0 Å². The molecule has 0 aromatic heterocycles. The van der Waals surface area contributed by atoms with Gasteiger partial charge in [-0.2, -0.15) is 0 Å². The molecule has 0 aromatic carbocycles. The summed E-state index contributed by atoms with van der Waals surface area (Å²) in [5.41, 5.74) is 0. The molecule has 4 heteroatoms. The Morgan fingerprint density at radius 2 is 2.30 bits per heavy atom. The maximum atomic E-state index is 11.3. The summed E-state index contributed by atoms with van der Waals surface area (Å²) in [5, 5.41) is 2.64. The van der Waals surface area contributed by atoms with Gasteiger partial charge in [0.05, 0.1) is 5.75 Å². The van der Waals surface area contributed by atoms with Crippen LogP contribution in [0.5, 0.6) is 0 Å². The van der Waals surface area contributed by atoms with Crippen LogP contribution >= 0.6 is 0 Å². The van der Waals surface area contributed by atoms with Crippen molar-refractivity contribution in [1.82, 2.24) is 5.32 Å². The lowest BCUT2D eigenvalue weighted by Gasteiger charge is -1.99. The zero-order valence-electron chi connectivity index (χ0n) is 5.76. The Kier molecular flexibility index (Phi) is 1.99. The van der Waals surface area contributed by atoms with E-state index in [1.54, 1.807) is 0 Å². The molecule has 0 bridgehead atoms. The van der Waals surface area contributed by atoms with Gasteiger partial charge in [-0.05, 0) is 21.8 Å². The van der Waals surface area contributed by atoms with Gasteiger partial charge in [-0.25, -0.2) is 0 Å². The van der Waals surface area contributed by atoms with Crippen molar-refractivity contribution in [3.63, 3.8) is 0 Å². The van der Waals surface area contributed by atoms with Gasteiger partial charge < -0.3 is 5.32 Å². The molecule has 1 fully saturated rings. The van der Waals surface area contributed by atoms with Crippen LogP contribution in [-0.2, 0) is 14.3 Å². The molecule has 1 N–H and O–H groups in total. The third-order valence-corrected chi connectivity index (χ3v) is 3.23.